The van der Waals surface area contributed by atoms with Crippen LogP contribution in [0.5, 0.6) is 5.75 Å². The zero-order chi connectivity index (χ0) is 16.1. The van der Waals surface area contributed by atoms with Crippen molar-refractivity contribution in [2.24, 2.45) is 5.73 Å². The summed E-state index contributed by atoms with van der Waals surface area (Å²) in [7, 11) is 0. The lowest BCUT2D eigenvalue weighted by atomic mass is 10.1. The second kappa shape index (κ2) is 7.09. The van der Waals surface area contributed by atoms with Gasteiger partial charge in [0.15, 0.2) is 6.10 Å². The molecule has 0 saturated carbocycles. The van der Waals surface area contributed by atoms with Crippen LogP contribution in [0.15, 0.2) is 42.5 Å². The molecule has 1 unspecified atom stereocenters. The number of hydrogen-bond acceptors (Lipinski definition) is 3. The van der Waals surface area contributed by atoms with Crippen molar-refractivity contribution in [1.82, 2.24) is 0 Å². The second-order valence-corrected chi connectivity index (χ2v) is 5.42. The highest BCUT2D eigenvalue weighted by Crippen LogP contribution is 2.20. The lowest BCUT2D eigenvalue weighted by molar-refractivity contribution is -0.122. The molecule has 3 N–H and O–H groups in total. The molecule has 4 nitrogen and oxygen atoms in total. The first kappa shape index (κ1) is 16.0. The van der Waals surface area contributed by atoms with Gasteiger partial charge in [-0.15, -0.1) is 0 Å². The van der Waals surface area contributed by atoms with E-state index >= 15 is 0 Å². The van der Waals surface area contributed by atoms with Crippen LogP contribution in [-0.4, -0.2) is 12.0 Å². The first-order valence-electron chi connectivity index (χ1n) is 7.33. The molecular formula is C18H22N2O2. The average molecular weight is 298 g/mol. The van der Waals surface area contributed by atoms with E-state index in [0.29, 0.717) is 6.54 Å². The standard InChI is InChI=1S/C18H22N2O2/c1-12-4-9-17(13(2)10-12)22-14(3)18(21)20-16-7-5-15(11-19)6-8-16/h4-10,14H,11,19H2,1-3H3,(H,20,21). The Hall–Kier alpha value is -2.33. The smallest absolute Gasteiger partial charge is 0.265 e. The molecule has 1 atom stereocenters. The summed E-state index contributed by atoms with van der Waals surface area (Å²) >= 11 is 0. The molecule has 0 aliphatic rings. The van der Waals surface area contributed by atoms with Gasteiger partial charge in [0.25, 0.3) is 5.91 Å². The van der Waals surface area contributed by atoms with E-state index in [0.717, 1.165) is 22.6 Å². The maximum absolute atomic E-state index is 12.2. The lowest BCUT2D eigenvalue weighted by Gasteiger charge is -2.16. The highest BCUT2D eigenvalue weighted by Gasteiger charge is 2.15. The predicted molar refractivity (Wildman–Crippen MR) is 89.0 cm³/mol. The minimum absolute atomic E-state index is 0.180. The number of benzene rings is 2. The summed E-state index contributed by atoms with van der Waals surface area (Å²) in [5.41, 5.74) is 9.50. The predicted octanol–water partition coefficient (Wildman–Crippen LogP) is 3.17. The zero-order valence-corrected chi connectivity index (χ0v) is 13.2. The van der Waals surface area contributed by atoms with Crippen LogP contribution in [0.3, 0.4) is 0 Å². The quantitative estimate of drug-likeness (QED) is 0.891. The molecule has 116 valence electrons. The fourth-order valence-corrected chi connectivity index (χ4v) is 2.14. The Morgan fingerprint density at radius 3 is 2.45 bits per heavy atom. The molecule has 0 aromatic heterocycles. The van der Waals surface area contributed by atoms with Crippen LogP contribution in [0, 0.1) is 13.8 Å². The Balaban J connectivity index is 1.99. The van der Waals surface area contributed by atoms with Gasteiger partial charge in [-0.2, -0.15) is 0 Å². The molecular weight excluding hydrogens is 276 g/mol. The van der Waals surface area contributed by atoms with Crippen molar-refractivity contribution in [3.63, 3.8) is 0 Å². The van der Waals surface area contributed by atoms with Crippen molar-refractivity contribution in [2.75, 3.05) is 5.32 Å². The summed E-state index contributed by atoms with van der Waals surface area (Å²) in [5, 5.41) is 2.84. The first-order valence-corrected chi connectivity index (χ1v) is 7.33. The summed E-state index contributed by atoms with van der Waals surface area (Å²) in [6.45, 7) is 6.22. The van der Waals surface area contributed by atoms with E-state index in [2.05, 4.69) is 5.32 Å². The monoisotopic (exact) mass is 298 g/mol. The summed E-state index contributed by atoms with van der Waals surface area (Å²) in [6, 6.07) is 13.4. The Morgan fingerprint density at radius 1 is 1.18 bits per heavy atom. The van der Waals surface area contributed by atoms with Crippen LogP contribution in [0.25, 0.3) is 0 Å². The van der Waals surface area contributed by atoms with Crippen molar-refractivity contribution in [2.45, 2.75) is 33.4 Å². The maximum atomic E-state index is 12.2. The fraction of sp³-hybridized carbons (Fsp3) is 0.278. The molecule has 22 heavy (non-hydrogen) atoms. The van der Waals surface area contributed by atoms with Crippen molar-refractivity contribution in [3.05, 3.63) is 59.2 Å². The van der Waals surface area contributed by atoms with E-state index in [1.54, 1.807) is 6.92 Å². The maximum Gasteiger partial charge on any atom is 0.265 e. The molecule has 4 heteroatoms. The van der Waals surface area contributed by atoms with Gasteiger partial charge in [-0.3, -0.25) is 4.79 Å². The Bertz CT molecular complexity index is 651. The molecule has 2 rings (SSSR count). The van der Waals surface area contributed by atoms with Crippen LogP contribution in [0.2, 0.25) is 0 Å². The molecule has 0 heterocycles. The second-order valence-electron chi connectivity index (χ2n) is 5.42. The van der Waals surface area contributed by atoms with Gasteiger partial charge < -0.3 is 15.8 Å². The highest BCUT2D eigenvalue weighted by molar-refractivity contribution is 5.94. The van der Waals surface area contributed by atoms with E-state index in [1.165, 1.54) is 5.56 Å². The Kier molecular flexibility index (Phi) is 5.17. The number of anilines is 1. The minimum Gasteiger partial charge on any atom is -0.481 e. The number of carbonyl (C=O) groups is 1. The molecule has 0 aliphatic heterocycles. The van der Waals surface area contributed by atoms with Crippen molar-refractivity contribution < 1.29 is 9.53 Å². The van der Waals surface area contributed by atoms with E-state index < -0.39 is 6.10 Å². The van der Waals surface area contributed by atoms with Gasteiger partial charge in [-0.25, -0.2) is 0 Å². The normalized spacial score (nSPS) is 11.8. The van der Waals surface area contributed by atoms with Gasteiger partial charge in [0.05, 0.1) is 0 Å². The number of rotatable bonds is 5. The summed E-state index contributed by atoms with van der Waals surface area (Å²) in [6.07, 6.45) is -0.574. The number of hydrogen-bond donors (Lipinski definition) is 2. The molecule has 2 aromatic rings. The zero-order valence-electron chi connectivity index (χ0n) is 13.2. The van der Waals surface area contributed by atoms with E-state index in [4.69, 9.17) is 10.5 Å². The van der Waals surface area contributed by atoms with E-state index in [9.17, 15) is 4.79 Å². The molecule has 0 bridgehead atoms. The fourth-order valence-electron chi connectivity index (χ4n) is 2.14. The van der Waals surface area contributed by atoms with Crippen LogP contribution >= 0.6 is 0 Å². The van der Waals surface area contributed by atoms with Gasteiger partial charge in [0, 0.05) is 12.2 Å². The largest absolute Gasteiger partial charge is 0.481 e. The lowest BCUT2D eigenvalue weighted by Crippen LogP contribution is -2.30. The third-order valence-electron chi connectivity index (χ3n) is 3.46. The van der Waals surface area contributed by atoms with Crippen LogP contribution < -0.4 is 15.8 Å². The first-order chi connectivity index (χ1) is 10.5. The molecule has 0 saturated heterocycles. The van der Waals surface area contributed by atoms with Crippen LogP contribution in [0.1, 0.15) is 23.6 Å². The molecule has 0 aliphatic carbocycles. The third-order valence-corrected chi connectivity index (χ3v) is 3.46. The third kappa shape index (κ3) is 4.09. The van der Waals surface area contributed by atoms with Gasteiger partial charge in [0.2, 0.25) is 0 Å². The average Bonchev–Trinajstić information content (AvgIpc) is 2.50. The van der Waals surface area contributed by atoms with Crippen molar-refractivity contribution in [3.8, 4) is 5.75 Å². The summed E-state index contributed by atoms with van der Waals surface area (Å²) in [4.78, 5) is 12.2. The molecule has 0 fully saturated rings. The van der Waals surface area contributed by atoms with Crippen molar-refractivity contribution >= 4 is 11.6 Å². The number of carbonyl (C=O) groups excluding carboxylic acids is 1. The molecule has 0 spiro atoms. The Labute approximate surface area is 131 Å². The van der Waals surface area contributed by atoms with Crippen LogP contribution in [-0.2, 0) is 11.3 Å². The van der Waals surface area contributed by atoms with Gasteiger partial charge >= 0.3 is 0 Å². The number of amides is 1. The molecule has 1 amide bonds. The summed E-state index contributed by atoms with van der Waals surface area (Å²) < 4.78 is 5.75. The Morgan fingerprint density at radius 2 is 1.86 bits per heavy atom. The van der Waals surface area contributed by atoms with Crippen LogP contribution in [0.4, 0.5) is 5.69 Å². The number of nitrogens with two attached hydrogens (primary N) is 1. The molecule has 0 radical (unpaired) electrons. The van der Waals surface area contributed by atoms with Crippen molar-refractivity contribution in [1.29, 1.82) is 0 Å². The van der Waals surface area contributed by atoms with E-state index in [-0.39, 0.29) is 5.91 Å². The van der Waals surface area contributed by atoms with E-state index in [1.807, 2.05) is 56.3 Å². The molecule has 2 aromatic carbocycles. The number of aryl methyl sites for hydroxylation is 2. The highest BCUT2D eigenvalue weighted by atomic mass is 16.5. The number of nitrogens with one attached hydrogen (secondary N) is 1. The summed E-state index contributed by atoms with van der Waals surface area (Å²) in [5.74, 6) is 0.548. The van der Waals surface area contributed by atoms with Gasteiger partial charge in [-0.05, 0) is 50.1 Å². The number of ether oxygens (including phenoxy) is 1. The van der Waals surface area contributed by atoms with Gasteiger partial charge in [-0.1, -0.05) is 29.8 Å². The topological polar surface area (TPSA) is 64.3 Å². The SMILES string of the molecule is Cc1ccc(OC(C)C(=O)Nc2ccc(CN)cc2)c(C)c1. The van der Waals surface area contributed by atoms with Gasteiger partial charge in [0.1, 0.15) is 5.75 Å². The minimum atomic E-state index is -0.574.